The fourth-order valence-electron chi connectivity index (χ4n) is 0.791. The van der Waals surface area contributed by atoms with Gasteiger partial charge in [0.15, 0.2) is 0 Å². The molecular formula is C7H11N3. The molecule has 0 aliphatic rings. The lowest BCUT2D eigenvalue weighted by Crippen LogP contribution is -1.96. The van der Waals surface area contributed by atoms with Crippen molar-refractivity contribution in [3.63, 3.8) is 0 Å². The van der Waals surface area contributed by atoms with Crippen LogP contribution in [0.25, 0.3) is 0 Å². The summed E-state index contributed by atoms with van der Waals surface area (Å²) >= 11 is 0. The molecule has 0 unspecified atom stereocenters. The van der Waals surface area contributed by atoms with E-state index in [0.717, 1.165) is 12.1 Å². The van der Waals surface area contributed by atoms with E-state index in [0.29, 0.717) is 5.82 Å². The van der Waals surface area contributed by atoms with Gasteiger partial charge in [-0.05, 0) is 0 Å². The molecule has 0 atom stereocenters. The third kappa shape index (κ3) is 1.18. The van der Waals surface area contributed by atoms with Crippen molar-refractivity contribution in [1.29, 1.82) is 0 Å². The molecule has 0 aliphatic heterocycles. The highest BCUT2D eigenvalue weighted by Gasteiger charge is 1.97. The van der Waals surface area contributed by atoms with Gasteiger partial charge in [0.05, 0.1) is 5.69 Å². The largest absolute Gasteiger partial charge is 0.384 e. The average Bonchev–Trinajstić information content (AvgIpc) is 2.14. The average molecular weight is 137 g/mol. The Labute approximate surface area is 60.1 Å². The second kappa shape index (κ2) is 2.56. The maximum absolute atomic E-state index is 5.54. The summed E-state index contributed by atoms with van der Waals surface area (Å²) in [5, 5.41) is 4.12. The summed E-state index contributed by atoms with van der Waals surface area (Å²) < 4.78 is 1.65. The van der Waals surface area contributed by atoms with Gasteiger partial charge in [0.1, 0.15) is 5.82 Å². The molecule has 0 bridgehead atoms. The van der Waals surface area contributed by atoms with E-state index in [2.05, 4.69) is 11.7 Å². The van der Waals surface area contributed by atoms with Crippen molar-refractivity contribution in [3.05, 3.63) is 24.4 Å². The van der Waals surface area contributed by atoms with Crippen LogP contribution in [0.4, 0.5) is 5.82 Å². The van der Waals surface area contributed by atoms with Gasteiger partial charge in [-0.2, -0.15) is 5.10 Å². The van der Waals surface area contributed by atoms with Gasteiger partial charge in [-0.3, -0.25) is 4.68 Å². The molecule has 0 aromatic carbocycles. The van der Waals surface area contributed by atoms with Crippen LogP contribution in [0.3, 0.4) is 0 Å². The third-order valence-corrected chi connectivity index (χ3v) is 1.32. The molecule has 0 spiro atoms. The molecule has 1 rings (SSSR count). The minimum absolute atomic E-state index is 0.692. The van der Waals surface area contributed by atoms with Crippen molar-refractivity contribution in [2.24, 2.45) is 7.05 Å². The van der Waals surface area contributed by atoms with Crippen molar-refractivity contribution < 1.29 is 0 Å². The van der Waals surface area contributed by atoms with Crippen LogP contribution in [0.5, 0.6) is 0 Å². The summed E-state index contributed by atoms with van der Waals surface area (Å²) in [6.45, 7) is 3.60. The van der Waals surface area contributed by atoms with Gasteiger partial charge in [-0.15, -0.1) is 6.58 Å². The highest BCUT2D eigenvalue weighted by Crippen LogP contribution is 2.04. The number of nitrogens with zero attached hydrogens (tertiary/aromatic N) is 2. The quantitative estimate of drug-likeness (QED) is 0.611. The molecule has 3 heteroatoms. The summed E-state index contributed by atoms with van der Waals surface area (Å²) in [7, 11) is 1.82. The van der Waals surface area contributed by atoms with E-state index >= 15 is 0 Å². The molecule has 1 aromatic heterocycles. The zero-order valence-corrected chi connectivity index (χ0v) is 6.04. The first-order chi connectivity index (χ1) is 4.74. The Hall–Kier alpha value is -1.25. The van der Waals surface area contributed by atoms with E-state index < -0.39 is 0 Å². The SMILES string of the molecule is C=CCc1cc(N)n(C)n1. The second-order valence-electron chi connectivity index (χ2n) is 2.18. The van der Waals surface area contributed by atoms with Crippen molar-refractivity contribution in [3.8, 4) is 0 Å². The first-order valence-corrected chi connectivity index (χ1v) is 3.13. The minimum Gasteiger partial charge on any atom is -0.384 e. The molecule has 0 fully saturated rings. The summed E-state index contributed by atoms with van der Waals surface area (Å²) in [5.74, 6) is 0.692. The summed E-state index contributed by atoms with van der Waals surface area (Å²) in [5.41, 5.74) is 6.50. The molecule has 0 saturated heterocycles. The standard InChI is InChI=1S/C7H11N3/c1-3-4-6-5-7(8)10(2)9-6/h3,5H,1,4,8H2,2H3. The summed E-state index contributed by atoms with van der Waals surface area (Å²) in [6.07, 6.45) is 2.59. The number of allylic oxidation sites excluding steroid dienone is 1. The number of nitrogen functional groups attached to an aromatic ring is 1. The third-order valence-electron chi connectivity index (χ3n) is 1.32. The maximum atomic E-state index is 5.54. The number of rotatable bonds is 2. The molecule has 0 amide bonds. The highest BCUT2D eigenvalue weighted by atomic mass is 15.3. The molecule has 54 valence electrons. The summed E-state index contributed by atoms with van der Waals surface area (Å²) in [6, 6.07) is 1.85. The van der Waals surface area contributed by atoms with Crippen molar-refractivity contribution in [2.45, 2.75) is 6.42 Å². The predicted octanol–water partition coefficient (Wildman–Crippen LogP) is 0.731. The van der Waals surface area contributed by atoms with Gasteiger partial charge in [-0.1, -0.05) is 6.08 Å². The monoisotopic (exact) mass is 137 g/mol. The smallest absolute Gasteiger partial charge is 0.121 e. The number of aromatic nitrogens is 2. The van der Waals surface area contributed by atoms with Gasteiger partial charge in [0, 0.05) is 19.5 Å². The lowest BCUT2D eigenvalue weighted by atomic mass is 10.3. The maximum Gasteiger partial charge on any atom is 0.121 e. The van der Waals surface area contributed by atoms with E-state index in [4.69, 9.17) is 5.73 Å². The van der Waals surface area contributed by atoms with E-state index in [-0.39, 0.29) is 0 Å². The number of hydrogen-bond donors (Lipinski definition) is 1. The number of aryl methyl sites for hydroxylation is 1. The predicted molar refractivity (Wildman–Crippen MR) is 41.5 cm³/mol. The molecule has 0 saturated carbocycles. The number of nitrogens with two attached hydrogens (primary N) is 1. The molecule has 1 heterocycles. The zero-order chi connectivity index (χ0) is 7.56. The topological polar surface area (TPSA) is 43.8 Å². The normalized spacial score (nSPS) is 9.70. The molecule has 2 N–H and O–H groups in total. The van der Waals surface area contributed by atoms with Gasteiger partial charge in [-0.25, -0.2) is 0 Å². The van der Waals surface area contributed by atoms with Crippen LogP contribution >= 0.6 is 0 Å². The molecule has 3 nitrogen and oxygen atoms in total. The van der Waals surface area contributed by atoms with Crippen LogP contribution in [-0.2, 0) is 13.5 Å². The Kier molecular flexibility index (Phi) is 1.76. The van der Waals surface area contributed by atoms with E-state index in [9.17, 15) is 0 Å². The van der Waals surface area contributed by atoms with E-state index in [1.807, 2.05) is 19.2 Å². The first kappa shape index (κ1) is 6.86. The molecule has 0 aliphatic carbocycles. The zero-order valence-electron chi connectivity index (χ0n) is 6.04. The lowest BCUT2D eigenvalue weighted by molar-refractivity contribution is 0.761. The van der Waals surface area contributed by atoms with Crippen LogP contribution in [-0.4, -0.2) is 9.78 Å². The Morgan fingerprint density at radius 1 is 1.90 bits per heavy atom. The Balaban J connectivity index is 2.86. The Morgan fingerprint density at radius 3 is 3.00 bits per heavy atom. The van der Waals surface area contributed by atoms with E-state index in [1.54, 1.807) is 4.68 Å². The lowest BCUT2D eigenvalue weighted by Gasteiger charge is -1.88. The van der Waals surface area contributed by atoms with Crippen LogP contribution in [0.1, 0.15) is 5.69 Å². The first-order valence-electron chi connectivity index (χ1n) is 3.13. The molecular weight excluding hydrogens is 126 g/mol. The van der Waals surface area contributed by atoms with Gasteiger partial charge >= 0.3 is 0 Å². The molecule has 1 aromatic rings. The van der Waals surface area contributed by atoms with Crippen molar-refractivity contribution in [2.75, 3.05) is 5.73 Å². The highest BCUT2D eigenvalue weighted by molar-refractivity contribution is 5.30. The number of anilines is 1. The Morgan fingerprint density at radius 2 is 2.60 bits per heavy atom. The fraction of sp³-hybridized carbons (Fsp3) is 0.286. The fourth-order valence-corrected chi connectivity index (χ4v) is 0.791. The van der Waals surface area contributed by atoms with Crippen molar-refractivity contribution >= 4 is 5.82 Å². The Bertz CT molecular complexity index is 217. The van der Waals surface area contributed by atoms with Gasteiger partial charge < -0.3 is 5.73 Å². The van der Waals surface area contributed by atoms with Crippen molar-refractivity contribution in [1.82, 2.24) is 9.78 Å². The van der Waals surface area contributed by atoms with E-state index in [1.165, 1.54) is 0 Å². The molecule has 10 heavy (non-hydrogen) atoms. The minimum atomic E-state index is 0.692. The van der Waals surface area contributed by atoms with Crippen LogP contribution < -0.4 is 5.73 Å². The van der Waals surface area contributed by atoms with Crippen LogP contribution in [0.2, 0.25) is 0 Å². The summed E-state index contributed by atoms with van der Waals surface area (Å²) in [4.78, 5) is 0. The molecule has 0 radical (unpaired) electrons. The van der Waals surface area contributed by atoms with Gasteiger partial charge in [0.2, 0.25) is 0 Å². The second-order valence-corrected chi connectivity index (χ2v) is 2.18. The van der Waals surface area contributed by atoms with Crippen LogP contribution in [0.15, 0.2) is 18.7 Å². The van der Waals surface area contributed by atoms with Crippen LogP contribution in [0, 0.1) is 0 Å². The van der Waals surface area contributed by atoms with Gasteiger partial charge in [0.25, 0.3) is 0 Å². The number of hydrogen-bond acceptors (Lipinski definition) is 2.